The van der Waals surface area contributed by atoms with Crippen LogP contribution in [0.25, 0.3) is 11.6 Å². The molecule has 4 aromatic rings. The number of aldehydes is 1. The first-order valence-electron chi connectivity index (χ1n) is 11.5. The highest BCUT2D eigenvalue weighted by Crippen LogP contribution is 2.35. The second kappa shape index (κ2) is 13.2. The highest BCUT2D eigenvalue weighted by atomic mass is 35.5. The average molecular weight is 636 g/mol. The van der Waals surface area contributed by atoms with Gasteiger partial charge in [-0.3, -0.25) is 14.4 Å². The van der Waals surface area contributed by atoms with Crippen LogP contribution in [0.1, 0.15) is 27.0 Å². The zero-order valence-corrected chi connectivity index (χ0v) is 23.5. The Hall–Kier alpha value is -3.89. The highest BCUT2D eigenvalue weighted by Gasteiger charge is 2.24. The first-order chi connectivity index (χ1) is 19.6. The van der Waals surface area contributed by atoms with Gasteiger partial charge in [0.1, 0.15) is 0 Å². The number of anilines is 2. The van der Waals surface area contributed by atoms with Crippen LogP contribution >= 0.6 is 46.4 Å². The number of hydrogen-bond donors (Lipinski definition) is 2. The molecular formula is C28H16Cl4F2N4O3. The van der Waals surface area contributed by atoms with E-state index >= 15 is 0 Å². The Labute approximate surface area is 252 Å². The van der Waals surface area contributed by atoms with E-state index in [-0.39, 0.29) is 33.2 Å². The van der Waals surface area contributed by atoms with Crippen LogP contribution in [0.4, 0.5) is 20.2 Å². The minimum absolute atomic E-state index is 0.0438. The molecule has 13 heteroatoms. The Balaban J connectivity index is 0.000000156. The van der Waals surface area contributed by atoms with Crippen molar-refractivity contribution in [3.8, 4) is 0 Å². The van der Waals surface area contributed by atoms with Gasteiger partial charge in [-0.15, -0.1) is 0 Å². The zero-order chi connectivity index (χ0) is 29.7. The number of halogens is 6. The SMILES string of the molecule is O=C1Cc2ccc(Cl)cc2N1.O=C1Nc2cc(Cl)ccc2C1=Cc1ccnc(Cl)c1F.O=Cc1ccnc(Cl)c1F. The molecule has 7 nitrogen and oxygen atoms in total. The first kappa shape index (κ1) is 30.1. The molecule has 0 aliphatic carbocycles. The molecule has 0 spiro atoms. The van der Waals surface area contributed by atoms with Crippen LogP contribution in [0.3, 0.4) is 0 Å². The van der Waals surface area contributed by atoms with E-state index in [4.69, 9.17) is 46.4 Å². The quantitative estimate of drug-likeness (QED) is 0.135. The molecular weight excluding hydrogens is 620 g/mol. The lowest BCUT2D eigenvalue weighted by atomic mass is 10.0. The Morgan fingerprint density at radius 1 is 0.756 bits per heavy atom. The van der Waals surface area contributed by atoms with Crippen molar-refractivity contribution in [3.63, 3.8) is 0 Å². The third-order valence-electron chi connectivity index (χ3n) is 5.64. The normalized spacial score (nSPS) is 13.7. The second-order valence-corrected chi connectivity index (χ2v) is 9.95. The van der Waals surface area contributed by atoms with E-state index in [9.17, 15) is 23.2 Å². The molecule has 2 aliphatic heterocycles. The summed E-state index contributed by atoms with van der Waals surface area (Å²) in [5, 5.41) is 6.07. The van der Waals surface area contributed by atoms with Gasteiger partial charge in [0, 0.05) is 44.8 Å². The molecule has 208 valence electrons. The molecule has 0 saturated heterocycles. The number of fused-ring (bicyclic) bond motifs is 2. The molecule has 41 heavy (non-hydrogen) atoms. The number of pyridine rings is 2. The van der Waals surface area contributed by atoms with Gasteiger partial charge in [-0.2, -0.15) is 0 Å². The molecule has 6 rings (SSSR count). The number of amides is 2. The van der Waals surface area contributed by atoms with Crippen molar-refractivity contribution in [3.05, 3.63) is 115 Å². The van der Waals surface area contributed by atoms with Crippen LogP contribution < -0.4 is 10.6 Å². The van der Waals surface area contributed by atoms with Gasteiger partial charge in [0.15, 0.2) is 28.2 Å². The predicted octanol–water partition coefficient (Wildman–Crippen LogP) is 7.54. The minimum atomic E-state index is -0.765. The zero-order valence-electron chi connectivity index (χ0n) is 20.5. The number of aromatic nitrogens is 2. The van der Waals surface area contributed by atoms with Crippen LogP contribution in [0, 0.1) is 11.6 Å². The van der Waals surface area contributed by atoms with Crippen LogP contribution in [-0.4, -0.2) is 28.1 Å². The smallest absolute Gasteiger partial charge is 0.256 e. The molecule has 0 atom stereocenters. The lowest BCUT2D eigenvalue weighted by Crippen LogP contribution is -2.03. The molecule has 2 aliphatic rings. The number of benzene rings is 2. The molecule has 2 N–H and O–H groups in total. The molecule has 4 heterocycles. The lowest BCUT2D eigenvalue weighted by Gasteiger charge is -2.01. The van der Waals surface area contributed by atoms with Crippen molar-refractivity contribution < 1.29 is 23.2 Å². The van der Waals surface area contributed by atoms with Gasteiger partial charge in [0.25, 0.3) is 5.91 Å². The summed E-state index contributed by atoms with van der Waals surface area (Å²) < 4.78 is 26.4. The summed E-state index contributed by atoms with van der Waals surface area (Å²) in [6.07, 6.45) is 4.97. The maximum atomic E-state index is 13.8. The van der Waals surface area contributed by atoms with Gasteiger partial charge in [-0.05, 0) is 48.0 Å². The van der Waals surface area contributed by atoms with Gasteiger partial charge >= 0.3 is 0 Å². The average Bonchev–Trinajstić information content (AvgIpc) is 3.46. The van der Waals surface area contributed by atoms with Crippen molar-refractivity contribution in [1.82, 2.24) is 9.97 Å². The predicted molar refractivity (Wildman–Crippen MR) is 156 cm³/mol. The third kappa shape index (κ3) is 7.25. The van der Waals surface area contributed by atoms with Crippen LogP contribution in [0.2, 0.25) is 20.4 Å². The van der Waals surface area contributed by atoms with E-state index in [1.54, 1.807) is 30.3 Å². The van der Waals surface area contributed by atoms with Gasteiger partial charge in [0.2, 0.25) is 5.91 Å². The fourth-order valence-electron chi connectivity index (χ4n) is 3.72. The van der Waals surface area contributed by atoms with Crippen molar-refractivity contribution >= 4 is 87.5 Å². The molecule has 0 bridgehead atoms. The molecule has 2 aromatic carbocycles. The maximum Gasteiger partial charge on any atom is 0.256 e. The van der Waals surface area contributed by atoms with Crippen molar-refractivity contribution in [2.45, 2.75) is 6.42 Å². The Morgan fingerprint density at radius 3 is 1.98 bits per heavy atom. The van der Waals surface area contributed by atoms with E-state index in [0.29, 0.717) is 39.6 Å². The van der Waals surface area contributed by atoms with Crippen LogP contribution in [-0.2, 0) is 16.0 Å². The number of hydrogen-bond acceptors (Lipinski definition) is 5. The number of nitrogens with zero attached hydrogens (tertiary/aromatic N) is 2. The Morgan fingerprint density at radius 2 is 1.34 bits per heavy atom. The Kier molecular flexibility index (Phi) is 9.67. The van der Waals surface area contributed by atoms with Gasteiger partial charge < -0.3 is 10.6 Å². The second-order valence-electron chi connectivity index (χ2n) is 8.36. The minimum Gasteiger partial charge on any atom is -0.325 e. The van der Waals surface area contributed by atoms with E-state index in [1.165, 1.54) is 30.6 Å². The monoisotopic (exact) mass is 634 g/mol. The molecule has 0 saturated carbocycles. The van der Waals surface area contributed by atoms with Gasteiger partial charge in [-0.1, -0.05) is 58.5 Å². The van der Waals surface area contributed by atoms with Crippen molar-refractivity contribution in [2.24, 2.45) is 0 Å². The third-order valence-corrected chi connectivity index (χ3v) is 6.64. The van der Waals surface area contributed by atoms with E-state index in [2.05, 4.69) is 20.6 Å². The van der Waals surface area contributed by atoms with E-state index in [1.807, 2.05) is 6.07 Å². The van der Waals surface area contributed by atoms with Gasteiger partial charge in [-0.25, -0.2) is 18.7 Å². The number of nitrogens with one attached hydrogen (secondary N) is 2. The summed E-state index contributed by atoms with van der Waals surface area (Å²) in [6, 6.07) is 13.2. The number of carbonyl (C=O) groups is 3. The lowest BCUT2D eigenvalue weighted by molar-refractivity contribution is -0.115. The van der Waals surface area contributed by atoms with Crippen LogP contribution in [0.15, 0.2) is 60.9 Å². The standard InChI is InChI=1S/C14H7Cl2FN2O.C8H6ClNO.C6H3ClFNO/c15-8-1-2-9-10(14(20)19-11(9)6-8)5-7-3-4-18-13(16)12(7)17;9-6-2-1-5-3-8(11)10-7(5)4-6;7-6-5(8)4(3-10)1-2-9-6/h1-6H,(H,19,20);1-2,4H,3H2,(H,10,11);1-3H. The summed E-state index contributed by atoms with van der Waals surface area (Å²) >= 11 is 22.5. The molecule has 0 radical (unpaired) electrons. The first-order valence-corrected chi connectivity index (χ1v) is 13.0. The summed E-state index contributed by atoms with van der Waals surface area (Å²) in [7, 11) is 0. The van der Waals surface area contributed by atoms with E-state index < -0.39 is 11.6 Å². The van der Waals surface area contributed by atoms with Crippen LogP contribution in [0.5, 0.6) is 0 Å². The summed E-state index contributed by atoms with van der Waals surface area (Å²) in [6.45, 7) is 0. The molecule has 2 aromatic heterocycles. The van der Waals surface area contributed by atoms with E-state index in [0.717, 1.165) is 11.3 Å². The maximum absolute atomic E-state index is 13.8. The fourth-order valence-corrected chi connectivity index (χ4v) is 4.39. The molecule has 0 unspecified atom stereocenters. The van der Waals surface area contributed by atoms with Crippen molar-refractivity contribution in [2.75, 3.05) is 10.6 Å². The highest BCUT2D eigenvalue weighted by molar-refractivity contribution is 6.37. The summed E-state index contributed by atoms with van der Waals surface area (Å²) in [5.74, 6) is -1.69. The number of carbonyl (C=O) groups excluding carboxylic acids is 3. The molecule has 0 fully saturated rings. The fraction of sp³-hybridized carbons (Fsp3) is 0.0357. The summed E-state index contributed by atoms with van der Waals surface area (Å²) in [5.41, 5.74) is 3.65. The largest absolute Gasteiger partial charge is 0.325 e. The topological polar surface area (TPSA) is 101 Å². The summed E-state index contributed by atoms with van der Waals surface area (Å²) in [4.78, 5) is 39.9. The van der Waals surface area contributed by atoms with Gasteiger partial charge in [0.05, 0.1) is 17.7 Å². The Bertz CT molecular complexity index is 1720. The number of rotatable bonds is 2. The molecule has 2 amide bonds. The van der Waals surface area contributed by atoms with Crippen molar-refractivity contribution in [1.29, 1.82) is 0 Å².